The molecule has 1 aromatic carbocycles. The summed E-state index contributed by atoms with van der Waals surface area (Å²) in [5.74, 6) is -0.189. The number of aromatic hydroxyl groups is 1. The Balaban J connectivity index is 3.43. The molecule has 0 fully saturated rings. The number of hydrogen-bond donors (Lipinski definition) is 1. The standard InChI is InChI=1S/C11H16O3S/c1-11(2,3)8-5-6-9(12)10(7-8)15(4,13)14/h5-7,12H,1-4H3. The van der Waals surface area contributed by atoms with Crippen molar-refractivity contribution in [3.8, 4) is 5.75 Å². The predicted molar refractivity (Wildman–Crippen MR) is 59.9 cm³/mol. The van der Waals surface area contributed by atoms with Gasteiger partial charge in [0, 0.05) is 6.26 Å². The first-order valence-electron chi connectivity index (χ1n) is 4.66. The molecule has 0 aromatic heterocycles. The third-order valence-electron chi connectivity index (χ3n) is 2.23. The lowest BCUT2D eigenvalue weighted by Gasteiger charge is -2.19. The fourth-order valence-electron chi connectivity index (χ4n) is 1.28. The fraction of sp³-hybridized carbons (Fsp3) is 0.455. The Bertz CT molecular complexity index is 467. The van der Waals surface area contributed by atoms with Crippen LogP contribution in [0.1, 0.15) is 26.3 Å². The molecule has 0 aliphatic heterocycles. The number of rotatable bonds is 1. The lowest BCUT2D eigenvalue weighted by atomic mass is 9.87. The molecule has 0 spiro atoms. The summed E-state index contributed by atoms with van der Waals surface area (Å²) < 4.78 is 22.7. The SMILES string of the molecule is CC(C)(C)c1ccc(O)c(S(C)(=O)=O)c1. The Morgan fingerprint density at radius 2 is 1.73 bits per heavy atom. The van der Waals surface area contributed by atoms with E-state index < -0.39 is 9.84 Å². The van der Waals surface area contributed by atoms with E-state index in [0.717, 1.165) is 11.8 Å². The van der Waals surface area contributed by atoms with Gasteiger partial charge < -0.3 is 5.11 Å². The zero-order chi connectivity index (χ0) is 11.9. The van der Waals surface area contributed by atoms with Gasteiger partial charge in [-0.3, -0.25) is 0 Å². The zero-order valence-corrected chi connectivity index (χ0v) is 10.2. The van der Waals surface area contributed by atoms with Gasteiger partial charge >= 0.3 is 0 Å². The van der Waals surface area contributed by atoms with Gasteiger partial charge in [-0.1, -0.05) is 26.8 Å². The molecule has 1 N–H and O–H groups in total. The molecule has 1 rings (SSSR count). The second kappa shape index (κ2) is 3.52. The van der Waals surface area contributed by atoms with Crippen LogP contribution in [-0.4, -0.2) is 19.8 Å². The van der Waals surface area contributed by atoms with Crippen molar-refractivity contribution in [3.63, 3.8) is 0 Å². The van der Waals surface area contributed by atoms with Crippen LogP contribution in [0.25, 0.3) is 0 Å². The molecule has 1 aromatic rings. The normalized spacial score (nSPS) is 12.8. The molecular formula is C11H16O3S. The highest BCUT2D eigenvalue weighted by atomic mass is 32.2. The molecule has 0 aliphatic rings. The van der Waals surface area contributed by atoms with Crippen LogP contribution in [0.15, 0.2) is 23.1 Å². The van der Waals surface area contributed by atoms with Crippen LogP contribution >= 0.6 is 0 Å². The number of benzene rings is 1. The maximum Gasteiger partial charge on any atom is 0.179 e. The summed E-state index contributed by atoms with van der Waals surface area (Å²) in [5, 5.41) is 9.46. The topological polar surface area (TPSA) is 54.4 Å². The van der Waals surface area contributed by atoms with Gasteiger partial charge in [0.05, 0.1) is 0 Å². The van der Waals surface area contributed by atoms with Crippen LogP contribution in [0, 0.1) is 0 Å². The van der Waals surface area contributed by atoms with E-state index in [9.17, 15) is 13.5 Å². The van der Waals surface area contributed by atoms with Crippen molar-refractivity contribution in [2.75, 3.05) is 6.26 Å². The first-order valence-corrected chi connectivity index (χ1v) is 6.55. The maximum absolute atomic E-state index is 11.4. The van der Waals surface area contributed by atoms with Gasteiger partial charge in [0.25, 0.3) is 0 Å². The van der Waals surface area contributed by atoms with Crippen molar-refractivity contribution < 1.29 is 13.5 Å². The summed E-state index contributed by atoms with van der Waals surface area (Å²) in [6.07, 6.45) is 1.09. The van der Waals surface area contributed by atoms with Gasteiger partial charge in [0.1, 0.15) is 10.6 Å². The third-order valence-corrected chi connectivity index (χ3v) is 3.35. The molecule has 4 heteroatoms. The quantitative estimate of drug-likeness (QED) is 0.800. The molecule has 0 saturated carbocycles. The monoisotopic (exact) mass is 228 g/mol. The summed E-state index contributed by atoms with van der Waals surface area (Å²) in [5.41, 5.74) is 0.758. The van der Waals surface area contributed by atoms with Crippen LogP contribution in [0.5, 0.6) is 5.75 Å². The molecule has 84 valence electrons. The number of phenolic OH excluding ortho intramolecular Hbond substituents is 1. The summed E-state index contributed by atoms with van der Waals surface area (Å²) in [6, 6.07) is 4.70. The minimum absolute atomic E-state index is 0.00470. The number of sulfone groups is 1. The molecule has 0 saturated heterocycles. The first kappa shape index (κ1) is 12.0. The van der Waals surface area contributed by atoms with E-state index in [2.05, 4.69) is 0 Å². The van der Waals surface area contributed by atoms with Gasteiger partial charge in [-0.15, -0.1) is 0 Å². The lowest BCUT2D eigenvalue weighted by molar-refractivity contribution is 0.457. The molecule has 0 heterocycles. The van der Waals surface area contributed by atoms with Crippen molar-refractivity contribution >= 4 is 9.84 Å². The van der Waals surface area contributed by atoms with Crippen LogP contribution in [-0.2, 0) is 15.3 Å². The van der Waals surface area contributed by atoms with E-state index in [1.165, 1.54) is 12.1 Å². The molecule has 15 heavy (non-hydrogen) atoms. The summed E-state index contributed by atoms with van der Waals surface area (Å²) in [4.78, 5) is -0.00470. The summed E-state index contributed by atoms with van der Waals surface area (Å²) in [6.45, 7) is 5.97. The second-order valence-corrected chi connectivity index (χ2v) is 6.69. The molecule has 0 radical (unpaired) electrons. The van der Waals surface area contributed by atoms with E-state index in [0.29, 0.717) is 0 Å². The van der Waals surface area contributed by atoms with E-state index in [1.54, 1.807) is 6.07 Å². The minimum Gasteiger partial charge on any atom is -0.507 e. The zero-order valence-electron chi connectivity index (χ0n) is 9.40. The van der Waals surface area contributed by atoms with Gasteiger partial charge in [0.15, 0.2) is 9.84 Å². The van der Waals surface area contributed by atoms with Gasteiger partial charge in [0.2, 0.25) is 0 Å². The Hall–Kier alpha value is -1.03. The van der Waals surface area contributed by atoms with E-state index in [-0.39, 0.29) is 16.1 Å². The molecule has 0 amide bonds. The average molecular weight is 228 g/mol. The Labute approximate surface area is 90.7 Å². The van der Waals surface area contributed by atoms with E-state index in [1.807, 2.05) is 20.8 Å². The van der Waals surface area contributed by atoms with Crippen LogP contribution < -0.4 is 0 Å². The van der Waals surface area contributed by atoms with Crippen molar-refractivity contribution in [1.82, 2.24) is 0 Å². The van der Waals surface area contributed by atoms with Crippen molar-refractivity contribution in [2.24, 2.45) is 0 Å². The molecule has 0 aliphatic carbocycles. The number of phenols is 1. The van der Waals surface area contributed by atoms with E-state index >= 15 is 0 Å². The lowest BCUT2D eigenvalue weighted by Crippen LogP contribution is -2.12. The molecule has 0 unspecified atom stereocenters. The number of hydrogen-bond acceptors (Lipinski definition) is 3. The molecule has 3 nitrogen and oxygen atoms in total. The average Bonchev–Trinajstić information content (AvgIpc) is 2.00. The van der Waals surface area contributed by atoms with Crippen LogP contribution in [0.2, 0.25) is 0 Å². The largest absolute Gasteiger partial charge is 0.507 e. The van der Waals surface area contributed by atoms with E-state index in [4.69, 9.17) is 0 Å². The minimum atomic E-state index is -3.37. The van der Waals surface area contributed by atoms with Gasteiger partial charge in [-0.25, -0.2) is 8.42 Å². The summed E-state index contributed by atoms with van der Waals surface area (Å²) in [7, 11) is -3.37. The first-order chi connectivity index (χ1) is 6.62. The maximum atomic E-state index is 11.4. The van der Waals surface area contributed by atoms with Crippen LogP contribution in [0.4, 0.5) is 0 Å². The van der Waals surface area contributed by atoms with Gasteiger partial charge in [-0.2, -0.15) is 0 Å². The van der Waals surface area contributed by atoms with Crippen molar-refractivity contribution in [1.29, 1.82) is 0 Å². The fourth-order valence-corrected chi connectivity index (χ4v) is 2.07. The summed E-state index contributed by atoms with van der Waals surface area (Å²) >= 11 is 0. The second-order valence-electron chi connectivity index (χ2n) is 4.70. The van der Waals surface area contributed by atoms with Crippen molar-refractivity contribution in [3.05, 3.63) is 23.8 Å². The highest BCUT2D eigenvalue weighted by molar-refractivity contribution is 7.90. The molecular weight excluding hydrogens is 212 g/mol. The third kappa shape index (κ3) is 2.72. The molecule has 0 atom stereocenters. The Kier molecular flexibility index (Phi) is 2.83. The smallest absolute Gasteiger partial charge is 0.179 e. The highest BCUT2D eigenvalue weighted by Crippen LogP contribution is 2.29. The Morgan fingerprint density at radius 3 is 2.13 bits per heavy atom. The molecule has 0 bridgehead atoms. The Morgan fingerprint density at radius 1 is 1.20 bits per heavy atom. The van der Waals surface area contributed by atoms with Crippen molar-refractivity contribution in [2.45, 2.75) is 31.1 Å². The van der Waals surface area contributed by atoms with Gasteiger partial charge in [-0.05, 0) is 23.1 Å². The predicted octanol–water partition coefficient (Wildman–Crippen LogP) is 2.09. The highest BCUT2D eigenvalue weighted by Gasteiger charge is 2.19. The van der Waals surface area contributed by atoms with Crippen LogP contribution in [0.3, 0.4) is 0 Å².